The number of rotatable bonds is 2. The molecule has 0 radical (unpaired) electrons. The van der Waals surface area contributed by atoms with Crippen molar-refractivity contribution in [2.45, 2.75) is 0 Å². The van der Waals surface area contributed by atoms with Gasteiger partial charge in [0.05, 0.1) is 6.21 Å². The lowest BCUT2D eigenvalue weighted by Crippen LogP contribution is -1.90. The number of aromatic hydroxyl groups is 1. The number of hydrogen-bond donors (Lipinski definition) is 1. The second-order valence-corrected chi connectivity index (χ2v) is 2.65. The fraction of sp³-hybridized carbons (Fsp3) is 0. The van der Waals surface area contributed by atoms with Crippen LogP contribution in [-0.2, 0) is 0 Å². The number of nitrogens with zero attached hydrogens (tertiary/aromatic N) is 4. The Hall–Kier alpha value is -2.17. The van der Waals surface area contributed by atoms with Crippen LogP contribution in [0.15, 0.2) is 42.0 Å². The molecule has 1 aromatic carbocycles. The van der Waals surface area contributed by atoms with Gasteiger partial charge in [-0.05, 0) is 29.8 Å². The van der Waals surface area contributed by atoms with Crippen LogP contribution < -0.4 is 0 Å². The smallest absolute Gasteiger partial charge is 0.139 e. The molecule has 0 saturated carbocycles. The quantitative estimate of drug-likeness (QED) is 0.711. The third kappa shape index (κ3) is 1.95. The first kappa shape index (κ1) is 8.43. The maximum absolute atomic E-state index is 9.04. The van der Waals surface area contributed by atoms with E-state index < -0.39 is 0 Å². The molecule has 1 heterocycles. The summed E-state index contributed by atoms with van der Waals surface area (Å²) in [7, 11) is 0. The van der Waals surface area contributed by atoms with E-state index in [1.807, 2.05) is 0 Å². The van der Waals surface area contributed by atoms with E-state index >= 15 is 0 Å². The minimum Gasteiger partial charge on any atom is -0.508 e. The highest BCUT2D eigenvalue weighted by molar-refractivity contribution is 5.79. The van der Waals surface area contributed by atoms with Crippen molar-refractivity contribution in [2.24, 2.45) is 5.10 Å². The summed E-state index contributed by atoms with van der Waals surface area (Å²) in [6.07, 6.45) is 4.54. The molecule has 0 aliphatic rings. The average Bonchev–Trinajstić information content (AvgIpc) is 2.70. The SMILES string of the molecule is Oc1ccc(/C=N\n2cncn2)cc1. The number of aromatic nitrogens is 3. The van der Waals surface area contributed by atoms with Gasteiger partial charge in [-0.2, -0.15) is 5.10 Å². The van der Waals surface area contributed by atoms with Crippen LogP contribution in [0.3, 0.4) is 0 Å². The molecule has 0 saturated heterocycles. The molecular weight excluding hydrogens is 180 g/mol. The number of phenols is 1. The molecule has 1 aromatic heterocycles. The van der Waals surface area contributed by atoms with Crippen LogP contribution >= 0.6 is 0 Å². The van der Waals surface area contributed by atoms with Crippen LogP contribution in [-0.4, -0.2) is 26.2 Å². The Balaban J connectivity index is 2.15. The zero-order chi connectivity index (χ0) is 9.80. The van der Waals surface area contributed by atoms with E-state index in [9.17, 15) is 0 Å². The number of hydrogen-bond acceptors (Lipinski definition) is 4. The largest absolute Gasteiger partial charge is 0.508 e. The standard InChI is InChI=1S/C9H8N4O/c14-9-3-1-8(2-4-9)5-11-13-7-10-6-12-13/h1-7,14H/b11-5-. The molecule has 0 spiro atoms. The molecule has 70 valence electrons. The van der Waals surface area contributed by atoms with Crippen molar-refractivity contribution in [1.82, 2.24) is 14.9 Å². The second kappa shape index (κ2) is 3.69. The summed E-state index contributed by atoms with van der Waals surface area (Å²) in [6.45, 7) is 0. The average molecular weight is 188 g/mol. The Bertz CT molecular complexity index is 419. The van der Waals surface area contributed by atoms with Gasteiger partial charge in [-0.1, -0.05) is 0 Å². The zero-order valence-electron chi connectivity index (χ0n) is 7.28. The first-order valence-corrected chi connectivity index (χ1v) is 4.02. The maximum atomic E-state index is 9.04. The maximum Gasteiger partial charge on any atom is 0.139 e. The fourth-order valence-electron chi connectivity index (χ4n) is 0.948. The minimum absolute atomic E-state index is 0.239. The van der Waals surface area contributed by atoms with E-state index in [-0.39, 0.29) is 5.75 Å². The molecule has 0 aliphatic carbocycles. The first-order valence-electron chi connectivity index (χ1n) is 4.02. The summed E-state index contributed by atoms with van der Waals surface area (Å²) in [6, 6.07) is 6.72. The van der Waals surface area contributed by atoms with Gasteiger partial charge in [0.2, 0.25) is 0 Å². The van der Waals surface area contributed by atoms with Crippen LogP contribution in [0.2, 0.25) is 0 Å². The van der Waals surface area contributed by atoms with E-state index in [4.69, 9.17) is 5.11 Å². The van der Waals surface area contributed by atoms with Gasteiger partial charge in [-0.15, -0.1) is 9.89 Å². The molecule has 0 aliphatic heterocycles. The molecule has 0 amide bonds. The summed E-state index contributed by atoms with van der Waals surface area (Å²) >= 11 is 0. The number of phenolic OH excluding ortho intramolecular Hbond substituents is 1. The predicted molar refractivity (Wildman–Crippen MR) is 51.1 cm³/mol. The molecule has 0 unspecified atom stereocenters. The highest BCUT2D eigenvalue weighted by Gasteiger charge is 1.89. The van der Waals surface area contributed by atoms with Crippen LogP contribution in [0, 0.1) is 0 Å². The first-order chi connectivity index (χ1) is 6.84. The molecule has 2 rings (SSSR count). The topological polar surface area (TPSA) is 63.3 Å². The van der Waals surface area contributed by atoms with Crippen molar-refractivity contribution in [2.75, 3.05) is 0 Å². The van der Waals surface area contributed by atoms with Crippen LogP contribution in [0.25, 0.3) is 0 Å². The summed E-state index contributed by atoms with van der Waals surface area (Å²) in [5, 5.41) is 16.8. The summed E-state index contributed by atoms with van der Waals surface area (Å²) in [5.74, 6) is 0.239. The second-order valence-electron chi connectivity index (χ2n) is 2.65. The van der Waals surface area contributed by atoms with E-state index in [1.165, 1.54) is 17.4 Å². The van der Waals surface area contributed by atoms with Gasteiger partial charge in [0.1, 0.15) is 18.4 Å². The van der Waals surface area contributed by atoms with Crippen molar-refractivity contribution >= 4 is 6.21 Å². The third-order valence-electron chi connectivity index (χ3n) is 1.62. The summed E-state index contributed by atoms with van der Waals surface area (Å²) in [4.78, 5) is 5.10. The molecule has 5 nitrogen and oxygen atoms in total. The van der Waals surface area contributed by atoms with Gasteiger partial charge in [-0.25, -0.2) is 4.98 Å². The summed E-state index contributed by atoms with van der Waals surface area (Å²) in [5.41, 5.74) is 0.887. The lowest BCUT2D eigenvalue weighted by atomic mass is 10.2. The van der Waals surface area contributed by atoms with Gasteiger partial charge in [0, 0.05) is 0 Å². The highest BCUT2D eigenvalue weighted by atomic mass is 16.3. The monoisotopic (exact) mass is 188 g/mol. The Labute approximate surface area is 80.3 Å². The van der Waals surface area contributed by atoms with Crippen molar-refractivity contribution in [1.29, 1.82) is 0 Å². The van der Waals surface area contributed by atoms with Crippen molar-refractivity contribution in [3.05, 3.63) is 42.5 Å². The Morgan fingerprint density at radius 2 is 2.07 bits per heavy atom. The van der Waals surface area contributed by atoms with Crippen LogP contribution in [0.4, 0.5) is 0 Å². The molecule has 14 heavy (non-hydrogen) atoms. The third-order valence-corrected chi connectivity index (χ3v) is 1.62. The molecule has 1 N–H and O–H groups in total. The van der Waals surface area contributed by atoms with Crippen molar-refractivity contribution < 1.29 is 5.11 Å². The molecule has 5 heteroatoms. The molecule has 0 atom stereocenters. The Morgan fingerprint density at radius 1 is 1.29 bits per heavy atom. The summed E-state index contributed by atoms with van der Waals surface area (Å²) < 4.78 is 0. The molecule has 0 bridgehead atoms. The van der Waals surface area contributed by atoms with Gasteiger partial charge < -0.3 is 5.11 Å². The number of benzene rings is 1. The molecule has 2 aromatic rings. The van der Waals surface area contributed by atoms with Crippen molar-refractivity contribution in [3.8, 4) is 5.75 Å². The molecular formula is C9H8N4O. The van der Waals surface area contributed by atoms with Crippen LogP contribution in [0.5, 0.6) is 5.75 Å². The van der Waals surface area contributed by atoms with Crippen molar-refractivity contribution in [3.63, 3.8) is 0 Å². The Morgan fingerprint density at radius 3 is 2.71 bits per heavy atom. The van der Waals surface area contributed by atoms with E-state index in [0.717, 1.165) is 5.56 Å². The van der Waals surface area contributed by atoms with E-state index in [2.05, 4.69) is 15.2 Å². The van der Waals surface area contributed by atoms with Gasteiger partial charge in [0.15, 0.2) is 0 Å². The lowest BCUT2D eigenvalue weighted by molar-refractivity contribution is 0.475. The van der Waals surface area contributed by atoms with Gasteiger partial charge in [0.25, 0.3) is 0 Å². The fourth-order valence-corrected chi connectivity index (χ4v) is 0.948. The Kier molecular flexibility index (Phi) is 2.22. The minimum atomic E-state index is 0.239. The van der Waals surface area contributed by atoms with Crippen LogP contribution in [0.1, 0.15) is 5.56 Å². The van der Waals surface area contributed by atoms with Gasteiger partial charge >= 0.3 is 0 Å². The molecule has 0 fully saturated rings. The zero-order valence-corrected chi connectivity index (χ0v) is 7.28. The van der Waals surface area contributed by atoms with E-state index in [0.29, 0.717) is 0 Å². The highest BCUT2D eigenvalue weighted by Crippen LogP contribution is 2.07. The normalized spacial score (nSPS) is 10.9. The van der Waals surface area contributed by atoms with E-state index in [1.54, 1.807) is 30.5 Å². The lowest BCUT2D eigenvalue weighted by Gasteiger charge is -1.93. The van der Waals surface area contributed by atoms with Gasteiger partial charge in [-0.3, -0.25) is 0 Å². The predicted octanol–water partition coefficient (Wildman–Crippen LogP) is 0.866.